The number of nitrogens with zero attached hydrogens (tertiary/aromatic N) is 1. The Morgan fingerprint density at radius 2 is 2.10 bits per heavy atom. The number of hydrogen-bond acceptors (Lipinski definition) is 2. The Bertz CT molecular complexity index is 829. The van der Waals surface area contributed by atoms with Crippen molar-refractivity contribution in [3.05, 3.63) is 51.5 Å². The molecule has 0 aliphatic heterocycles. The van der Waals surface area contributed by atoms with E-state index in [1.165, 1.54) is 6.07 Å². The van der Waals surface area contributed by atoms with E-state index >= 15 is 0 Å². The molecule has 0 radical (unpaired) electrons. The Balaban J connectivity index is 2.20. The van der Waals surface area contributed by atoms with Crippen molar-refractivity contribution in [1.82, 2.24) is 9.97 Å². The van der Waals surface area contributed by atoms with Gasteiger partial charge in [0.15, 0.2) is 0 Å². The molecule has 0 aliphatic carbocycles. The second kappa shape index (κ2) is 4.92. The fourth-order valence-corrected chi connectivity index (χ4v) is 2.48. The molecule has 20 heavy (non-hydrogen) atoms. The summed E-state index contributed by atoms with van der Waals surface area (Å²) in [5.41, 5.74) is 2.14. The van der Waals surface area contributed by atoms with Crippen LogP contribution in [0.1, 0.15) is 10.4 Å². The normalized spacial score (nSPS) is 10.9. The number of aromatic carboxylic acids is 1. The summed E-state index contributed by atoms with van der Waals surface area (Å²) in [5, 5.41) is 9.77. The number of benzene rings is 2. The molecule has 0 atom stereocenters. The lowest BCUT2D eigenvalue weighted by molar-refractivity contribution is 0.0699. The van der Waals surface area contributed by atoms with E-state index in [0.717, 1.165) is 10.0 Å². The number of para-hydroxylation sites is 1. The summed E-state index contributed by atoms with van der Waals surface area (Å²) in [6.07, 6.45) is 0. The van der Waals surface area contributed by atoms with Gasteiger partial charge in [0.1, 0.15) is 11.3 Å². The third kappa shape index (κ3) is 2.19. The molecule has 3 rings (SSSR count). The first-order valence-corrected chi connectivity index (χ1v) is 6.91. The van der Waals surface area contributed by atoms with E-state index in [1.807, 2.05) is 12.1 Å². The lowest BCUT2D eigenvalue weighted by atomic mass is 10.2. The molecule has 0 unspecified atom stereocenters. The van der Waals surface area contributed by atoms with E-state index < -0.39 is 5.97 Å². The first-order valence-electron chi connectivity index (χ1n) is 5.73. The number of nitrogens with one attached hydrogen (secondary N) is 1. The minimum Gasteiger partial charge on any atom is -0.478 e. The predicted octanol–water partition coefficient (Wildman–Crippen LogP) is 4.34. The highest BCUT2D eigenvalue weighted by Gasteiger charge is 2.13. The zero-order valence-corrected chi connectivity index (χ0v) is 12.4. The van der Waals surface area contributed by atoms with Gasteiger partial charge < -0.3 is 10.1 Å². The maximum Gasteiger partial charge on any atom is 0.337 e. The number of imidazole rings is 1. The fourth-order valence-electron chi connectivity index (χ4n) is 1.98. The molecule has 0 saturated carbocycles. The van der Waals surface area contributed by atoms with E-state index in [2.05, 4.69) is 25.9 Å². The number of aromatic amines is 1. The Hall–Kier alpha value is -1.85. The molecule has 0 spiro atoms. The first kappa shape index (κ1) is 13.1. The van der Waals surface area contributed by atoms with E-state index in [4.69, 9.17) is 16.7 Å². The van der Waals surface area contributed by atoms with Gasteiger partial charge in [-0.1, -0.05) is 17.7 Å². The molecule has 2 N–H and O–H groups in total. The van der Waals surface area contributed by atoms with Crippen molar-refractivity contribution in [2.45, 2.75) is 0 Å². The second-order valence-electron chi connectivity index (χ2n) is 4.22. The highest BCUT2D eigenvalue weighted by molar-refractivity contribution is 9.10. The molecule has 0 fully saturated rings. The van der Waals surface area contributed by atoms with Crippen molar-refractivity contribution in [2.24, 2.45) is 0 Å². The smallest absolute Gasteiger partial charge is 0.337 e. The largest absolute Gasteiger partial charge is 0.478 e. The van der Waals surface area contributed by atoms with Crippen LogP contribution in [0.4, 0.5) is 0 Å². The van der Waals surface area contributed by atoms with Crippen LogP contribution in [-0.4, -0.2) is 21.0 Å². The Morgan fingerprint density at radius 3 is 2.80 bits per heavy atom. The van der Waals surface area contributed by atoms with Gasteiger partial charge in [-0.3, -0.25) is 0 Å². The molecule has 3 aromatic rings. The second-order valence-corrected chi connectivity index (χ2v) is 5.48. The molecule has 0 amide bonds. The Kier molecular flexibility index (Phi) is 3.23. The lowest BCUT2D eigenvalue weighted by Gasteiger charge is -1.99. The van der Waals surface area contributed by atoms with Gasteiger partial charge in [-0.15, -0.1) is 0 Å². The molecule has 4 nitrogen and oxygen atoms in total. The van der Waals surface area contributed by atoms with Gasteiger partial charge in [0.2, 0.25) is 0 Å². The van der Waals surface area contributed by atoms with Crippen LogP contribution in [0.15, 0.2) is 40.9 Å². The summed E-state index contributed by atoms with van der Waals surface area (Å²) >= 11 is 9.32. The fraction of sp³-hybridized carbons (Fsp3) is 0. The van der Waals surface area contributed by atoms with Gasteiger partial charge in [-0.05, 0) is 46.3 Å². The number of carboxylic acid groups (broad SMARTS) is 1. The minimum atomic E-state index is -0.995. The number of aromatic nitrogens is 2. The average Bonchev–Trinajstić information content (AvgIpc) is 2.85. The van der Waals surface area contributed by atoms with Crippen LogP contribution in [0.25, 0.3) is 22.4 Å². The lowest BCUT2D eigenvalue weighted by Crippen LogP contribution is -1.96. The number of rotatable bonds is 2. The zero-order chi connectivity index (χ0) is 14.3. The zero-order valence-electron chi connectivity index (χ0n) is 10.0. The number of fused-ring (bicyclic) bond motifs is 1. The van der Waals surface area contributed by atoms with Crippen molar-refractivity contribution in [1.29, 1.82) is 0 Å². The van der Waals surface area contributed by atoms with Crippen LogP contribution in [0.2, 0.25) is 5.02 Å². The third-order valence-electron chi connectivity index (χ3n) is 2.94. The predicted molar refractivity (Wildman–Crippen MR) is 81.2 cm³/mol. The molecule has 6 heteroatoms. The highest BCUT2D eigenvalue weighted by Crippen LogP contribution is 2.29. The Labute approximate surface area is 127 Å². The average molecular weight is 352 g/mol. The quantitative estimate of drug-likeness (QED) is 0.721. The van der Waals surface area contributed by atoms with Crippen molar-refractivity contribution in [3.8, 4) is 11.4 Å². The number of carboxylic acids is 1. The SMILES string of the molecule is O=C(O)c1cccc2[nH]c(-c3ccc(Cl)c(Br)c3)nc12. The van der Waals surface area contributed by atoms with Crippen LogP contribution in [-0.2, 0) is 0 Å². The van der Waals surface area contributed by atoms with E-state index in [-0.39, 0.29) is 5.56 Å². The van der Waals surface area contributed by atoms with Gasteiger partial charge in [0.25, 0.3) is 0 Å². The maximum absolute atomic E-state index is 11.2. The van der Waals surface area contributed by atoms with Crippen molar-refractivity contribution in [3.63, 3.8) is 0 Å². The summed E-state index contributed by atoms with van der Waals surface area (Å²) in [6.45, 7) is 0. The standard InChI is InChI=1S/C14H8BrClN2O2/c15-9-6-7(4-5-10(9)16)13-17-11-3-1-2-8(14(19)20)12(11)18-13/h1-6H,(H,17,18)(H,19,20). The van der Waals surface area contributed by atoms with Crippen LogP contribution in [0.3, 0.4) is 0 Å². The molecule has 0 saturated heterocycles. The van der Waals surface area contributed by atoms with Gasteiger partial charge in [-0.25, -0.2) is 9.78 Å². The van der Waals surface area contributed by atoms with Crippen molar-refractivity contribution < 1.29 is 9.90 Å². The van der Waals surface area contributed by atoms with Gasteiger partial charge in [0.05, 0.1) is 16.1 Å². The number of halogens is 2. The minimum absolute atomic E-state index is 0.179. The summed E-state index contributed by atoms with van der Waals surface area (Å²) in [4.78, 5) is 18.7. The summed E-state index contributed by atoms with van der Waals surface area (Å²) in [7, 11) is 0. The highest BCUT2D eigenvalue weighted by atomic mass is 79.9. The molecule has 100 valence electrons. The summed E-state index contributed by atoms with van der Waals surface area (Å²) in [6, 6.07) is 10.4. The van der Waals surface area contributed by atoms with E-state index in [1.54, 1.807) is 18.2 Å². The molecular formula is C14H8BrClN2O2. The van der Waals surface area contributed by atoms with Gasteiger partial charge >= 0.3 is 5.97 Å². The molecule has 0 aliphatic rings. The van der Waals surface area contributed by atoms with Crippen LogP contribution in [0, 0.1) is 0 Å². The van der Waals surface area contributed by atoms with E-state index in [0.29, 0.717) is 21.9 Å². The summed E-state index contributed by atoms with van der Waals surface area (Å²) < 4.78 is 0.760. The monoisotopic (exact) mass is 350 g/mol. The molecule has 1 aromatic heterocycles. The van der Waals surface area contributed by atoms with Gasteiger partial charge in [-0.2, -0.15) is 0 Å². The number of carbonyl (C=O) groups is 1. The number of hydrogen-bond donors (Lipinski definition) is 2. The molecule has 1 heterocycles. The van der Waals surface area contributed by atoms with E-state index in [9.17, 15) is 4.79 Å². The van der Waals surface area contributed by atoms with Crippen molar-refractivity contribution in [2.75, 3.05) is 0 Å². The molecule has 0 bridgehead atoms. The third-order valence-corrected chi connectivity index (χ3v) is 4.15. The van der Waals surface area contributed by atoms with Crippen molar-refractivity contribution >= 4 is 44.5 Å². The number of H-pyrrole nitrogens is 1. The molecular weight excluding hydrogens is 344 g/mol. The Morgan fingerprint density at radius 1 is 1.30 bits per heavy atom. The first-order chi connectivity index (χ1) is 9.56. The maximum atomic E-state index is 11.2. The van der Waals surface area contributed by atoms with Crippen LogP contribution >= 0.6 is 27.5 Å². The molecule has 2 aromatic carbocycles. The topological polar surface area (TPSA) is 66.0 Å². The summed E-state index contributed by atoms with van der Waals surface area (Å²) in [5.74, 6) is -0.392. The van der Waals surface area contributed by atoms with Crippen LogP contribution in [0.5, 0.6) is 0 Å². The van der Waals surface area contributed by atoms with Crippen LogP contribution < -0.4 is 0 Å². The van der Waals surface area contributed by atoms with Gasteiger partial charge in [0, 0.05) is 10.0 Å².